The fourth-order valence-electron chi connectivity index (χ4n) is 4.23. The summed E-state index contributed by atoms with van der Waals surface area (Å²) in [5, 5.41) is 3.40. The van der Waals surface area contributed by atoms with E-state index in [1.165, 1.54) is 27.1 Å². The number of fused-ring (bicyclic) bond motifs is 4. The lowest BCUT2D eigenvalue weighted by atomic mass is 10.0. The Bertz CT molecular complexity index is 558. The van der Waals surface area contributed by atoms with Crippen molar-refractivity contribution < 1.29 is 28.7 Å². The van der Waals surface area contributed by atoms with Gasteiger partial charge in [0.15, 0.2) is 0 Å². The number of carbonyl (C=O) groups is 4. The van der Waals surface area contributed by atoms with E-state index < -0.39 is 5.43 Å². The van der Waals surface area contributed by atoms with Crippen molar-refractivity contribution in [2.24, 2.45) is 0 Å². The minimum absolute atomic E-state index is 0. The molecule has 4 rings (SSSR count). The molecule has 0 aromatic carbocycles. The predicted molar refractivity (Wildman–Crippen MR) is 105 cm³/mol. The van der Waals surface area contributed by atoms with Crippen molar-refractivity contribution in [2.45, 2.75) is 75.5 Å². The smallest absolute Gasteiger partial charge is 0.410 e. The van der Waals surface area contributed by atoms with Crippen LogP contribution in [0.15, 0.2) is 0 Å². The van der Waals surface area contributed by atoms with Crippen LogP contribution in [0, 0.1) is 0 Å². The van der Waals surface area contributed by atoms with Crippen LogP contribution in [-0.4, -0.2) is 66.4 Å². The molecule has 160 valence electrons. The van der Waals surface area contributed by atoms with E-state index >= 15 is 0 Å². The van der Waals surface area contributed by atoms with Crippen LogP contribution in [0.2, 0.25) is 0 Å². The highest BCUT2D eigenvalue weighted by Gasteiger charge is 2.43. The molecule has 4 unspecified atom stereocenters. The standard InChI is InChI=1S/C9H13NO3.C7H11NO.C2H3ClO2.ClH/c1-13-9(12)10-6-2-3-7(10)5-8(11)4-6;9-7-3-5-1-2-6(4-7)8-5;1-5-2(3)4;/h6-7H,2-5H2,1H3;5-6,8H,1-4H2;1H3;1H. The topological polar surface area (TPSA) is 102 Å². The molecular formula is C18H28Cl2N2O6. The van der Waals surface area contributed by atoms with E-state index in [0.717, 1.165) is 25.7 Å². The molecule has 0 aliphatic carbocycles. The monoisotopic (exact) mass is 438 g/mol. The number of Topliss-reactive ketones (excluding diaryl/α,β-unsaturated/α-hetero) is 2. The average molecular weight is 439 g/mol. The molecule has 1 N–H and O–H groups in total. The maximum atomic E-state index is 11.3. The number of hydrogen-bond acceptors (Lipinski definition) is 7. The first-order chi connectivity index (χ1) is 12.8. The summed E-state index contributed by atoms with van der Waals surface area (Å²) in [4.78, 5) is 44.5. The predicted octanol–water partition coefficient (Wildman–Crippen LogP) is 2.83. The number of ether oxygens (including phenoxy) is 2. The van der Waals surface area contributed by atoms with Crippen LogP contribution < -0.4 is 5.32 Å². The van der Waals surface area contributed by atoms with Gasteiger partial charge < -0.3 is 19.7 Å². The van der Waals surface area contributed by atoms with Gasteiger partial charge in [0.25, 0.3) is 0 Å². The van der Waals surface area contributed by atoms with Gasteiger partial charge in [0, 0.05) is 61.5 Å². The average Bonchev–Trinajstić information content (AvgIpc) is 3.11. The molecule has 4 aliphatic rings. The first kappa shape index (κ1) is 24.7. The van der Waals surface area contributed by atoms with Crippen molar-refractivity contribution in [3.05, 3.63) is 0 Å². The number of halogens is 2. The van der Waals surface area contributed by atoms with E-state index in [0.29, 0.717) is 30.7 Å². The number of rotatable bonds is 0. The van der Waals surface area contributed by atoms with Gasteiger partial charge in [-0.15, -0.1) is 12.4 Å². The van der Waals surface area contributed by atoms with Crippen molar-refractivity contribution >= 4 is 47.1 Å². The van der Waals surface area contributed by atoms with Crippen LogP contribution in [-0.2, 0) is 19.1 Å². The van der Waals surface area contributed by atoms with Crippen molar-refractivity contribution in [1.29, 1.82) is 0 Å². The molecule has 0 saturated carbocycles. The van der Waals surface area contributed by atoms with Gasteiger partial charge in [-0.2, -0.15) is 0 Å². The van der Waals surface area contributed by atoms with Crippen molar-refractivity contribution in [2.75, 3.05) is 14.2 Å². The molecule has 0 aromatic rings. The zero-order valence-corrected chi connectivity index (χ0v) is 17.7. The second-order valence-electron chi connectivity index (χ2n) is 7.24. The summed E-state index contributed by atoms with van der Waals surface area (Å²) in [5.74, 6) is 0.744. The van der Waals surface area contributed by atoms with Crippen molar-refractivity contribution in [3.63, 3.8) is 0 Å². The number of nitrogens with one attached hydrogen (secondary N) is 1. The van der Waals surface area contributed by atoms with Crippen LogP contribution >= 0.6 is 24.0 Å². The van der Waals surface area contributed by atoms with E-state index in [2.05, 4.69) is 26.4 Å². The Balaban J connectivity index is 0.000000229. The Morgan fingerprint density at radius 2 is 1.32 bits per heavy atom. The summed E-state index contributed by atoms with van der Waals surface area (Å²) in [7, 11) is 2.60. The fourth-order valence-corrected chi connectivity index (χ4v) is 4.23. The zero-order valence-electron chi connectivity index (χ0n) is 16.1. The molecule has 4 saturated heterocycles. The second-order valence-corrected chi connectivity index (χ2v) is 7.54. The van der Waals surface area contributed by atoms with E-state index in [1.807, 2.05) is 0 Å². The molecule has 4 aliphatic heterocycles. The number of piperidine rings is 2. The number of ketones is 2. The number of methoxy groups -OCH3 is 2. The summed E-state index contributed by atoms with van der Waals surface area (Å²) < 4.78 is 8.56. The summed E-state index contributed by atoms with van der Waals surface area (Å²) in [6, 6.07) is 1.30. The zero-order chi connectivity index (χ0) is 20.0. The van der Waals surface area contributed by atoms with Crippen LogP contribution in [0.4, 0.5) is 9.59 Å². The van der Waals surface area contributed by atoms with E-state index in [9.17, 15) is 19.2 Å². The highest BCUT2D eigenvalue weighted by Crippen LogP contribution is 2.34. The molecular weight excluding hydrogens is 411 g/mol. The molecule has 0 spiro atoms. The summed E-state index contributed by atoms with van der Waals surface area (Å²) in [6.07, 6.45) is 6.67. The highest BCUT2D eigenvalue weighted by molar-refractivity contribution is 6.61. The van der Waals surface area contributed by atoms with Gasteiger partial charge in [0.1, 0.15) is 11.6 Å². The van der Waals surface area contributed by atoms with Gasteiger partial charge in [-0.05, 0) is 25.7 Å². The van der Waals surface area contributed by atoms with Gasteiger partial charge in [0.05, 0.1) is 14.2 Å². The maximum Gasteiger partial charge on any atom is 0.410 e. The van der Waals surface area contributed by atoms with Gasteiger partial charge in [-0.3, -0.25) is 9.59 Å². The van der Waals surface area contributed by atoms with Crippen LogP contribution in [0.25, 0.3) is 0 Å². The Morgan fingerprint density at radius 3 is 1.71 bits per heavy atom. The summed E-state index contributed by atoms with van der Waals surface area (Å²) in [5.41, 5.74) is -0.773. The van der Waals surface area contributed by atoms with E-state index in [-0.39, 0.29) is 36.4 Å². The number of carbonyl (C=O) groups excluding carboxylic acids is 4. The molecule has 4 fully saturated rings. The number of nitrogens with zero attached hydrogens (tertiary/aromatic N) is 1. The fraction of sp³-hybridized carbons (Fsp3) is 0.778. The van der Waals surface area contributed by atoms with E-state index in [1.54, 1.807) is 4.90 Å². The summed E-state index contributed by atoms with van der Waals surface area (Å²) in [6.45, 7) is 0. The Hall–Kier alpha value is -1.38. The first-order valence-electron chi connectivity index (χ1n) is 9.23. The van der Waals surface area contributed by atoms with Gasteiger partial charge in [-0.25, -0.2) is 9.59 Å². The minimum atomic E-state index is -0.773. The lowest BCUT2D eigenvalue weighted by Crippen LogP contribution is -2.46. The molecule has 4 bridgehead atoms. The van der Waals surface area contributed by atoms with Crippen molar-refractivity contribution in [1.82, 2.24) is 10.2 Å². The first-order valence-corrected chi connectivity index (χ1v) is 9.61. The number of hydrogen-bond donors (Lipinski definition) is 1. The third kappa shape index (κ3) is 6.90. The van der Waals surface area contributed by atoms with Crippen LogP contribution in [0.3, 0.4) is 0 Å². The second kappa shape index (κ2) is 11.6. The molecule has 0 aromatic heterocycles. The van der Waals surface area contributed by atoms with Crippen LogP contribution in [0.5, 0.6) is 0 Å². The number of amides is 1. The molecule has 10 heteroatoms. The molecule has 4 atom stereocenters. The van der Waals surface area contributed by atoms with E-state index in [4.69, 9.17) is 0 Å². The molecule has 8 nitrogen and oxygen atoms in total. The third-order valence-corrected chi connectivity index (χ3v) is 5.53. The molecule has 0 radical (unpaired) electrons. The lowest BCUT2D eigenvalue weighted by Gasteiger charge is -2.32. The molecule has 28 heavy (non-hydrogen) atoms. The van der Waals surface area contributed by atoms with Crippen molar-refractivity contribution in [3.8, 4) is 0 Å². The largest absolute Gasteiger partial charge is 0.457 e. The molecule has 4 heterocycles. The molecule has 1 amide bonds. The SMILES string of the molecule is COC(=O)Cl.COC(=O)N1C2CCC1CC(=O)C2.Cl.O=C1CC2CCC(C1)N2. The maximum absolute atomic E-state index is 11.3. The Labute approximate surface area is 176 Å². The van der Waals surface area contributed by atoms with Gasteiger partial charge in [-0.1, -0.05) is 0 Å². The quantitative estimate of drug-likeness (QED) is 0.579. The normalized spacial score (nSPS) is 29.5. The Morgan fingerprint density at radius 1 is 0.893 bits per heavy atom. The third-order valence-electron chi connectivity index (χ3n) is 5.38. The highest BCUT2D eigenvalue weighted by atomic mass is 35.5. The summed E-state index contributed by atoms with van der Waals surface area (Å²) >= 11 is 4.60. The van der Waals surface area contributed by atoms with Crippen LogP contribution in [0.1, 0.15) is 51.4 Å². The minimum Gasteiger partial charge on any atom is -0.457 e. The van der Waals surface area contributed by atoms with Gasteiger partial charge in [0.2, 0.25) is 0 Å². The van der Waals surface area contributed by atoms with Gasteiger partial charge >= 0.3 is 11.5 Å². The Kier molecular flexibility index (Phi) is 10.2. The lowest BCUT2D eigenvalue weighted by molar-refractivity contribution is -0.123.